The van der Waals surface area contributed by atoms with Gasteiger partial charge in [-0.25, -0.2) is 4.39 Å². The van der Waals surface area contributed by atoms with Gasteiger partial charge in [-0.2, -0.15) is 0 Å². The van der Waals surface area contributed by atoms with Crippen molar-refractivity contribution in [2.24, 2.45) is 5.92 Å². The summed E-state index contributed by atoms with van der Waals surface area (Å²) in [5, 5.41) is 9.98. The van der Waals surface area contributed by atoms with E-state index in [1.165, 1.54) is 23.9 Å². The van der Waals surface area contributed by atoms with Crippen LogP contribution in [-0.2, 0) is 4.74 Å². The molecule has 1 aliphatic heterocycles. The summed E-state index contributed by atoms with van der Waals surface area (Å²) in [6.07, 6.45) is 2.59. The van der Waals surface area contributed by atoms with E-state index in [9.17, 15) is 9.50 Å². The zero-order valence-electron chi connectivity index (χ0n) is 10.3. The van der Waals surface area contributed by atoms with Crippen molar-refractivity contribution in [3.8, 4) is 0 Å². The van der Waals surface area contributed by atoms with Crippen LogP contribution in [-0.4, -0.2) is 30.2 Å². The van der Waals surface area contributed by atoms with Crippen molar-refractivity contribution in [1.29, 1.82) is 0 Å². The predicted octanol–water partition coefficient (Wildman–Crippen LogP) is 3.10. The Hall–Kier alpha value is -0.580. The topological polar surface area (TPSA) is 29.5 Å². The highest BCUT2D eigenvalue weighted by Gasteiger charge is 2.17. The number of rotatable bonds is 5. The maximum atomic E-state index is 13.0. The molecule has 4 heteroatoms. The molecule has 1 N–H and O–H groups in total. The molecule has 100 valence electrons. The van der Waals surface area contributed by atoms with Crippen LogP contribution in [0.15, 0.2) is 29.2 Å². The summed E-state index contributed by atoms with van der Waals surface area (Å²) < 4.78 is 18.3. The number of benzene rings is 1. The first kappa shape index (κ1) is 13.8. The highest BCUT2D eigenvalue weighted by atomic mass is 32.2. The number of hydrogen-bond donors (Lipinski definition) is 1. The molecule has 1 atom stereocenters. The van der Waals surface area contributed by atoms with E-state index in [1.54, 1.807) is 6.07 Å². The van der Waals surface area contributed by atoms with Crippen LogP contribution in [0.25, 0.3) is 0 Å². The average molecular weight is 270 g/mol. The second kappa shape index (κ2) is 7.12. The van der Waals surface area contributed by atoms with Crippen molar-refractivity contribution in [3.63, 3.8) is 0 Å². The predicted molar refractivity (Wildman–Crippen MR) is 71.3 cm³/mol. The van der Waals surface area contributed by atoms with E-state index in [2.05, 4.69) is 0 Å². The van der Waals surface area contributed by atoms with Crippen LogP contribution in [0.1, 0.15) is 19.3 Å². The third kappa shape index (κ3) is 4.59. The molecule has 1 aliphatic rings. The molecular weight excluding hydrogens is 251 g/mol. The summed E-state index contributed by atoms with van der Waals surface area (Å²) in [4.78, 5) is 0.876. The summed E-state index contributed by atoms with van der Waals surface area (Å²) in [6, 6.07) is 6.51. The monoisotopic (exact) mass is 270 g/mol. The molecule has 1 aromatic carbocycles. The molecule has 0 amide bonds. The number of aliphatic hydroxyl groups is 1. The fourth-order valence-electron chi connectivity index (χ4n) is 2.18. The van der Waals surface area contributed by atoms with Crippen molar-refractivity contribution in [1.82, 2.24) is 0 Å². The third-order valence-corrected chi connectivity index (χ3v) is 4.32. The first-order valence-electron chi connectivity index (χ1n) is 6.38. The van der Waals surface area contributed by atoms with Gasteiger partial charge < -0.3 is 9.84 Å². The lowest BCUT2D eigenvalue weighted by Crippen LogP contribution is -2.22. The molecule has 1 fully saturated rings. The third-order valence-electron chi connectivity index (χ3n) is 3.18. The summed E-state index contributed by atoms with van der Waals surface area (Å²) in [5.74, 6) is 0.974. The Balaban J connectivity index is 1.72. The lowest BCUT2D eigenvalue weighted by molar-refractivity contribution is 0.0478. The van der Waals surface area contributed by atoms with E-state index in [0.717, 1.165) is 37.4 Å². The smallest absolute Gasteiger partial charge is 0.124 e. The summed E-state index contributed by atoms with van der Waals surface area (Å²) in [7, 11) is 0. The number of thioether (sulfide) groups is 1. The Bertz CT molecular complexity index is 367. The molecule has 0 aromatic heterocycles. The van der Waals surface area contributed by atoms with E-state index >= 15 is 0 Å². The zero-order valence-corrected chi connectivity index (χ0v) is 11.2. The molecule has 0 bridgehead atoms. The van der Waals surface area contributed by atoms with Gasteiger partial charge in [-0.15, -0.1) is 11.8 Å². The number of ether oxygens (including phenoxy) is 1. The second-order valence-corrected chi connectivity index (χ2v) is 5.81. The molecule has 1 aromatic rings. The van der Waals surface area contributed by atoms with Crippen LogP contribution < -0.4 is 0 Å². The zero-order chi connectivity index (χ0) is 12.8. The first-order valence-corrected chi connectivity index (χ1v) is 7.37. The van der Waals surface area contributed by atoms with Crippen LogP contribution in [0.5, 0.6) is 0 Å². The molecule has 18 heavy (non-hydrogen) atoms. The largest absolute Gasteiger partial charge is 0.392 e. The fraction of sp³-hybridized carbons (Fsp3) is 0.571. The molecule has 2 rings (SSSR count). The molecule has 1 unspecified atom stereocenters. The molecule has 0 radical (unpaired) electrons. The van der Waals surface area contributed by atoms with Gasteiger partial charge in [0.05, 0.1) is 6.10 Å². The Labute approximate surface area is 112 Å². The Morgan fingerprint density at radius 2 is 2.17 bits per heavy atom. The minimum Gasteiger partial charge on any atom is -0.392 e. The normalized spacial score (nSPS) is 18.8. The second-order valence-electron chi connectivity index (χ2n) is 4.71. The van der Waals surface area contributed by atoms with Crippen LogP contribution in [0.3, 0.4) is 0 Å². The molecule has 1 heterocycles. The van der Waals surface area contributed by atoms with E-state index in [0.29, 0.717) is 11.7 Å². The minimum absolute atomic E-state index is 0.223. The van der Waals surface area contributed by atoms with Crippen molar-refractivity contribution in [2.45, 2.75) is 30.3 Å². The van der Waals surface area contributed by atoms with Crippen LogP contribution >= 0.6 is 11.8 Å². The molecule has 0 aliphatic carbocycles. The van der Waals surface area contributed by atoms with E-state index in [1.807, 2.05) is 6.07 Å². The molecule has 2 nitrogen and oxygen atoms in total. The van der Waals surface area contributed by atoms with Crippen molar-refractivity contribution < 1.29 is 14.2 Å². The maximum Gasteiger partial charge on any atom is 0.124 e. The summed E-state index contributed by atoms with van der Waals surface area (Å²) in [6.45, 7) is 1.63. The highest BCUT2D eigenvalue weighted by molar-refractivity contribution is 7.99. The van der Waals surface area contributed by atoms with Gasteiger partial charge in [0.25, 0.3) is 0 Å². The van der Waals surface area contributed by atoms with Crippen LogP contribution in [0.2, 0.25) is 0 Å². The van der Waals surface area contributed by atoms with Gasteiger partial charge in [-0.1, -0.05) is 6.07 Å². The number of aliphatic hydroxyl groups excluding tert-OH is 1. The minimum atomic E-state index is -0.318. The quantitative estimate of drug-likeness (QED) is 0.834. The molecule has 0 spiro atoms. The van der Waals surface area contributed by atoms with E-state index in [-0.39, 0.29) is 11.9 Å². The Kier molecular flexibility index (Phi) is 5.47. The molecule has 0 saturated carbocycles. The SMILES string of the molecule is OC(CSc1cccc(F)c1)CC1CCOCC1. The Morgan fingerprint density at radius 1 is 1.39 bits per heavy atom. The first-order chi connectivity index (χ1) is 8.74. The number of halogens is 1. The van der Waals surface area contributed by atoms with Gasteiger partial charge in [0, 0.05) is 23.9 Å². The summed E-state index contributed by atoms with van der Waals surface area (Å²) in [5.41, 5.74) is 0. The summed E-state index contributed by atoms with van der Waals surface area (Å²) >= 11 is 1.51. The van der Waals surface area contributed by atoms with Gasteiger partial charge in [0.2, 0.25) is 0 Å². The van der Waals surface area contributed by atoms with Crippen LogP contribution in [0.4, 0.5) is 4.39 Å². The Morgan fingerprint density at radius 3 is 2.89 bits per heavy atom. The molecule has 1 saturated heterocycles. The van der Waals surface area contributed by atoms with Crippen molar-refractivity contribution in [3.05, 3.63) is 30.1 Å². The van der Waals surface area contributed by atoms with Gasteiger partial charge in [0.1, 0.15) is 5.82 Å². The van der Waals surface area contributed by atoms with Gasteiger partial charge in [-0.3, -0.25) is 0 Å². The van der Waals surface area contributed by atoms with Crippen molar-refractivity contribution >= 4 is 11.8 Å². The van der Waals surface area contributed by atoms with Crippen molar-refractivity contribution in [2.75, 3.05) is 19.0 Å². The fourth-order valence-corrected chi connectivity index (χ4v) is 3.08. The molecular formula is C14H19FO2S. The van der Waals surface area contributed by atoms with Crippen LogP contribution in [0, 0.1) is 11.7 Å². The van der Waals surface area contributed by atoms with Gasteiger partial charge in [0.15, 0.2) is 0 Å². The van der Waals surface area contributed by atoms with Gasteiger partial charge >= 0.3 is 0 Å². The van der Waals surface area contributed by atoms with Gasteiger partial charge in [-0.05, 0) is 43.4 Å². The lowest BCUT2D eigenvalue weighted by atomic mass is 9.94. The standard InChI is InChI=1S/C14H19FO2S/c15-12-2-1-3-14(9-12)18-10-13(16)8-11-4-6-17-7-5-11/h1-3,9,11,13,16H,4-8,10H2. The lowest BCUT2D eigenvalue weighted by Gasteiger charge is -2.24. The number of hydrogen-bond acceptors (Lipinski definition) is 3. The maximum absolute atomic E-state index is 13.0. The average Bonchev–Trinajstić information content (AvgIpc) is 2.38. The van der Waals surface area contributed by atoms with E-state index < -0.39 is 0 Å². The highest BCUT2D eigenvalue weighted by Crippen LogP contribution is 2.24. The van der Waals surface area contributed by atoms with E-state index in [4.69, 9.17) is 4.74 Å².